The molecule has 0 atom stereocenters. The van der Waals surface area contributed by atoms with E-state index in [2.05, 4.69) is 9.97 Å². The van der Waals surface area contributed by atoms with E-state index in [1.54, 1.807) is 12.3 Å². The minimum Gasteiger partial charge on any atom is -0.489 e. The number of hydrogen-bond donors (Lipinski definition) is 1. The Morgan fingerprint density at radius 1 is 1.21 bits per heavy atom. The third-order valence-corrected chi connectivity index (χ3v) is 6.35. The summed E-state index contributed by atoms with van der Waals surface area (Å²) in [5.74, 6) is 0.0380. The van der Waals surface area contributed by atoms with Crippen molar-refractivity contribution in [2.75, 3.05) is 36.9 Å². The highest BCUT2D eigenvalue weighted by Gasteiger charge is 2.46. The van der Waals surface area contributed by atoms with Crippen LogP contribution in [-0.2, 0) is 16.9 Å². The second-order valence-electron chi connectivity index (χ2n) is 9.56. The van der Waals surface area contributed by atoms with Crippen molar-refractivity contribution in [2.24, 2.45) is 5.92 Å². The van der Waals surface area contributed by atoms with Crippen molar-refractivity contribution in [3.05, 3.63) is 18.1 Å². The molecule has 1 aliphatic carbocycles. The molecule has 33 heavy (non-hydrogen) atoms. The molecule has 1 saturated carbocycles. The van der Waals surface area contributed by atoms with Crippen LogP contribution < -0.4 is 15.4 Å². The van der Waals surface area contributed by atoms with Gasteiger partial charge in [0.15, 0.2) is 34.4 Å². The van der Waals surface area contributed by atoms with Crippen molar-refractivity contribution < 1.29 is 18.3 Å². The first-order valence-electron chi connectivity index (χ1n) is 11.1. The number of nitrogens with two attached hydrogens (primary N) is 1. The number of pyridine rings is 1. The average molecular weight is 457 g/mol. The Kier molecular flexibility index (Phi) is 4.33. The quantitative estimate of drug-likeness (QED) is 0.624. The van der Waals surface area contributed by atoms with E-state index < -0.39 is 24.6 Å². The Bertz CT molecular complexity index is 1250. The first kappa shape index (κ1) is 20.5. The number of imidazole rings is 1. The first-order valence-corrected chi connectivity index (χ1v) is 11.1. The first-order chi connectivity index (χ1) is 15.7. The lowest BCUT2D eigenvalue weighted by atomic mass is 10.1. The third kappa shape index (κ3) is 3.54. The number of rotatable bonds is 5. The number of nitrogen functional groups attached to an aromatic ring is 1. The third-order valence-electron chi connectivity index (χ3n) is 6.35. The Labute approximate surface area is 188 Å². The van der Waals surface area contributed by atoms with Crippen LogP contribution in [-0.4, -0.2) is 56.7 Å². The van der Waals surface area contributed by atoms with E-state index in [-0.39, 0.29) is 0 Å². The fourth-order valence-corrected chi connectivity index (χ4v) is 4.31. The summed E-state index contributed by atoms with van der Waals surface area (Å²) in [7, 11) is 0. The molecule has 0 bridgehead atoms. The van der Waals surface area contributed by atoms with Crippen LogP contribution in [0.5, 0.6) is 5.75 Å². The number of hydrogen-bond acceptors (Lipinski definition) is 8. The predicted octanol–water partition coefficient (Wildman–Crippen LogP) is 2.98. The second-order valence-corrected chi connectivity index (χ2v) is 9.56. The van der Waals surface area contributed by atoms with Crippen molar-refractivity contribution in [1.29, 1.82) is 0 Å². The van der Waals surface area contributed by atoms with Gasteiger partial charge in [-0.1, -0.05) is 0 Å². The zero-order valence-electron chi connectivity index (χ0n) is 18.5. The smallest absolute Gasteiger partial charge is 0.282 e. The van der Waals surface area contributed by atoms with E-state index in [1.807, 2.05) is 18.4 Å². The van der Waals surface area contributed by atoms with Crippen LogP contribution in [0.2, 0.25) is 0 Å². The van der Waals surface area contributed by atoms with Crippen LogP contribution in [0.3, 0.4) is 0 Å². The van der Waals surface area contributed by atoms with Gasteiger partial charge in [0.25, 0.3) is 5.92 Å². The number of anilines is 2. The summed E-state index contributed by atoms with van der Waals surface area (Å²) in [6.45, 7) is 4.72. The molecule has 5 heterocycles. The molecule has 6 rings (SSSR count). The summed E-state index contributed by atoms with van der Waals surface area (Å²) in [5, 5.41) is 0. The molecule has 0 aromatic carbocycles. The molecule has 2 fully saturated rings. The van der Waals surface area contributed by atoms with Crippen molar-refractivity contribution in [3.63, 3.8) is 0 Å². The molecule has 3 aromatic rings. The molecule has 3 aromatic heterocycles. The predicted molar refractivity (Wildman–Crippen MR) is 117 cm³/mol. The van der Waals surface area contributed by atoms with Gasteiger partial charge in [0.05, 0.1) is 26.3 Å². The van der Waals surface area contributed by atoms with Gasteiger partial charge in [-0.05, 0) is 38.7 Å². The van der Waals surface area contributed by atoms with Crippen molar-refractivity contribution in [2.45, 2.75) is 44.8 Å². The van der Waals surface area contributed by atoms with Crippen LogP contribution in [0.15, 0.2) is 12.3 Å². The fourth-order valence-electron chi connectivity index (χ4n) is 4.31. The highest BCUT2D eigenvalue weighted by Crippen LogP contribution is 2.39. The van der Waals surface area contributed by atoms with E-state index in [1.165, 1.54) is 4.90 Å². The summed E-state index contributed by atoms with van der Waals surface area (Å²) in [6.07, 6.45) is 3.89. The highest BCUT2D eigenvalue weighted by molar-refractivity contribution is 5.87. The summed E-state index contributed by atoms with van der Waals surface area (Å²) >= 11 is 0. The van der Waals surface area contributed by atoms with Gasteiger partial charge in [0, 0.05) is 18.3 Å². The van der Waals surface area contributed by atoms with Crippen LogP contribution in [0.1, 0.15) is 32.5 Å². The molecule has 2 aliphatic heterocycles. The van der Waals surface area contributed by atoms with Crippen LogP contribution in [0, 0.1) is 5.92 Å². The zero-order chi connectivity index (χ0) is 23.0. The zero-order valence-corrected chi connectivity index (χ0v) is 18.5. The number of aromatic nitrogens is 5. The SMILES string of the molecule is CC1(C)OCCn2c1nc1c(N3CC(F)(F)C3)nc(-c3cnc(N)c(OCC4CC4)c3)nc12. The standard InChI is InChI=1S/C22H25F2N7O2/c1-21(2)20-27-15-18(30-10-22(23,24)11-30)28-17(29-19(15)31(20)5-6-33-21)13-7-14(16(25)26-8-13)32-9-12-3-4-12/h7-8,12H,3-6,9-11H2,1-2H3,(H2,25,26). The van der Waals surface area contributed by atoms with E-state index in [0.717, 1.165) is 12.8 Å². The normalized spacial score (nSPS) is 21.0. The maximum Gasteiger partial charge on any atom is 0.282 e. The Morgan fingerprint density at radius 3 is 2.73 bits per heavy atom. The maximum absolute atomic E-state index is 13.7. The largest absolute Gasteiger partial charge is 0.489 e. The Morgan fingerprint density at radius 2 is 2.00 bits per heavy atom. The fraction of sp³-hybridized carbons (Fsp3) is 0.545. The van der Waals surface area contributed by atoms with Crippen LogP contribution >= 0.6 is 0 Å². The van der Waals surface area contributed by atoms with Crippen molar-refractivity contribution >= 4 is 22.8 Å². The van der Waals surface area contributed by atoms with E-state index in [0.29, 0.717) is 71.4 Å². The number of alkyl halides is 2. The molecule has 11 heteroatoms. The molecule has 3 aliphatic rings. The maximum atomic E-state index is 13.7. The lowest BCUT2D eigenvalue weighted by Crippen LogP contribution is -2.56. The number of nitrogens with zero attached hydrogens (tertiary/aromatic N) is 6. The number of halogens is 2. The highest BCUT2D eigenvalue weighted by atomic mass is 19.3. The van der Waals surface area contributed by atoms with Crippen LogP contribution in [0.4, 0.5) is 20.4 Å². The molecule has 174 valence electrons. The molecule has 1 saturated heterocycles. The van der Waals surface area contributed by atoms with Gasteiger partial charge >= 0.3 is 0 Å². The van der Waals surface area contributed by atoms with E-state index in [9.17, 15) is 8.78 Å². The molecular formula is C22H25F2N7O2. The molecular weight excluding hydrogens is 432 g/mol. The topological polar surface area (TPSA) is 104 Å². The molecule has 0 spiro atoms. The number of fused-ring (bicyclic) bond motifs is 3. The summed E-state index contributed by atoms with van der Waals surface area (Å²) in [4.78, 5) is 20.0. The van der Waals surface area contributed by atoms with Gasteiger partial charge in [-0.3, -0.25) is 0 Å². The van der Waals surface area contributed by atoms with Crippen LogP contribution in [0.25, 0.3) is 22.6 Å². The van der Waals surface area contributed by atoms with E-state index >= 15 is 0 Å². The minimum absolute atomic E-state index is 0.295. The van der Waals surface area contributed by atoms with E-state index in [4.69, 9.17) is 25.2 Å². The molecule has 0 radical (unpaired) electrons. The Hall–Kier alpha value is -3.08. The molecule has 0 unspecified atom stereocenters. The molecule has 2 N–H and O–H groups in total. The monoisotopic (exact) mass is 457 g/mol. The van der Waals surface area contributed by atoms with Crippen molar-refractivity contribution in [3.8, 4) is 17.1 Å². The van der Waals surface area contributed by atoms with Gasteiger partial charge in [-0.25, -0.2) is 28.7 Å². The summed E-state index contributed by atoms with van der Waals surface area (Å²) < 4.78 is 41.2. The summed E-state index contributed by atoms with van der Waals surface area (Å²) in [5.41, 5.74) is 7.08. The summed E-state index contributed by atoms with van der Waals surface area (Å²) in [6, 6.07) is 1.76. The second kappa shape index (κ2) is 6.96. The van der Waals surface area contributed by atoms with Gasteiger partial charge in [0.2, 0.25) is 0 Å². The van der Waals surface area contributed by atoms with Crippen molar-refractivity contribution in [1.82, 2.24) is 24.5 Å². The molecule has 0 amide bonds. The van der Waals surface area contributed by atoms with Gasteiger partial charge in [0.1, 0.15) is 11.4 Å². The van der Waals surface area contributed by atoms with Gasteiger partial charge in [-0.15, -0.1) is 0 Å². The lowest BCUT2D eigenvalue weighted by molar-refractivity contribution is -0.0530. The average Bonchev–Trinajstić information content (AvgIpc) is 3.49. The lowest BCUT2D eigenvalue weighted by Gasteiger charge is -2.39. The van der Waals surface area contributed by atoms with Gasteiger partial charge in [-0.2, -0.15) is 0 Å². The van der Waals surface area contributed by atoms with Gasteiger partial charge < -0.3 is 24.7 Å². The number of ether oxygens (including phenoxy) is 2. The minimum atomic E-state index is -2.74. The Balaban J connectivity index is 1.48. The molecule has 9 nitrogen and oxygen atoms in total.